The third-order valence-electron chi connectivity index (χ3n) is 3.14. The zero-order valence-electron chi connectivity index (χ0n) is 12.7. The van der Waals surface area contributed by atoms with Crippen molar-refractivity contribution in [2.75, 3.05) is 40.0 Å². The lowest BCUT2D eigenvalue weighted by Crippen LogP contribution is -2.36. The van der Waals surface area contributed by atoms with Crippen LogP contribution in [0.4, 0.5) is 0 Å². The number of nitrogens with zero attached hydrogens (tertiary/aromatic N) is 2. The van der Waals surface area contributed by atoms with Crippen LogP contribution in [-0.2, 0) is 21.2 Å². The van der Waals surface area contributed by atoms with Crippen molar-refractivity contribution in [1.29, 1.82) is 0 Å². The number of carbonyl (C=O) groups excluding carboxylic acids is 1. The van der Waals surface area contributed by atoms with E-state index in [1.54, 1.807) is 50.3 Å². The van der Waals surface area contributed by atoms with Crippen molar-refractivity contribution in [3.05, 3.63) is 29.8 Å². The molecule has 0 radical (unpaired) electrons. The second-order valence-electron chi connectivity index (χ2n) is 5.20. The van der Waals surface area contributed by atoms with E-state index in [1.807, 2.05) is 0 Å². The van der Waals surface area contributed by atoms with Gasteiger partial charge in [0.05, 0.1) is 17.2 Å². The predicted molar refractivity (Wildman–Crippen MR) is 82.6 cm³/mol. The van der Waals surface area contributed by atoms with Crippen LogP contribution < -0.4 is 5.73 Å². The quantitative estimate of drug-likeness (QED) is 0.762. The first-order valence-electron chi connectivity index (χ1n) is 6.66. The number of amides is 1. The molecule has 0 aliphatic heterocycles. The summed E-state index contributed by atoms with van der Waals surface area (Å²) in [5.74, 6) is -0.0851. The first-order chi connectivity index (χ1) is 9.76. The molecule has 0 atom stereocenters. The van der Waals surface area contributed by atoms with Crippen LogP contribution in [0.2, 0.25) is 0 Å². The number of benzene rings is 1. The zero-order chi connectivity index (χ0) is 16.0. The van der Waals surface area contributed by atoms with Crippen molar-refractivity contribution in [3.63, 3.8) is 0 Å². The van der Waals surface area contributed by atoms with Crippen LogP contribution in [0.15, 0.2) is 29.2 Å². The van der Waals surface area contributed by atoms with E-state index in [9.17, 15) is 13.2 Å². The summed E-state index contributed by atoms with van der Waals surface area (Å²) in [5, 5.41) is 0. The molecular weight excluding hydrogens is 290 g/mol. The number of sulfone groups is 1. The Hall–Kier alpha value is -1.44. The fraction of sp³-hybridized carbons (Fsp3) is 0.500. The van der Waals surface area contributed by atoms with Crippen LogP contribution in [0, 0.1) is 0 Å². The molecule has 1 aromatic rings. The lowest BCUT2D eigenvalue weighted by atomic mass is 10.2. The molecule has 0 aliphatic carbocycles. The van der Waals surface area contributed by atoms with Crippen LogP contribution in [-0.4, -0.2) is 64.1 Å². The number of likely N-dealkylation sites (N-methyl/N-ethyl adjacent to an activating group) is 2. The minimum absolute atomic E-state index is 0.0295. The molecule has 0 saturated heterocycles. The normalized spacial score (nSPS) is 11.7. The Balaban J connectivity index is 2.66. The van der Waals surface area contributed by atoms with E-state index in [0.717, 1.165) is 5.56 Å². The van der Waals surface area contributed by atoms with Gasteiger partial charge in [-0.1, -0.05) is 12.1 Å². The van der Waals surface area contributed by atoms with Crippen molar-refractivity contribution in [3.8, 4) is 0 Å². The molecule has 0 aliphatic rings. The van der Waals surface area contributed by atoms with E-state index in [2.05, 4.69) is 0 Å². The molecule has 0 spiro atoms. The van der Waals surface area contributed by atoms with Crippen LogP contribution in [0.5, 0.6) is 0 Å². The molecule has 118 valence electrons. The molecule has 1 aromatic carbocycles. The van der Waals surface area contributed by atoms with Gasteiger partial charge in [-0.05, 0) is 24.7 Å². The largest absolute Gasteiger partial charge is 0.348 e. The highest BCUT2D eigenvalue weighted by molar-refractivity contribution is 7.91. The minimum atomic E-state index is -3.37. The zero-order valence-corrected chi connectivity index (χ0v) is 13.6. The Kier molecular flexibility index (Phi) is 6.32. The molecule has 1 rings (SSSR count). The Bertz CT molecular complexity index is 585. The van der Waals surface area contributed by atoms with E-state index in [-0.39, 0.29) is 23.1 Å². The maximum atomic E-state index is 12.3. The molecule has 0 unspecified atom stereocenters. The van der Waals surface area contributed by atoms with E-state index in [1.165, 1.54) is 4.90 Å². The van der Waals surface area contributed by atoms with Gasteiger partial charge in [0.25, 0.3) is 0 Å². The topological polar surface area (TPSA) is 83.7 Å². The summed E-state index contributed by atoms with van der Waals surface area (Å²) < 4.78 is 24.5. The summed E-state index contributed by atoms with van der Waals surface area (Å²) in [6.07, 6.45) is 0. The Morgan fingerprint density at radius 1 is 1.24 bits per heavy atom. The van der Waals surface area contributed by atoms with Crippen molar-refractivity contribution >= 4 is 15.7 Å². The van der Waals surface area contributed by atoms with Gasteiger partial charge < -0.3 is 10.6 Å². The molecule has 0 bridgehead atoms. The van der Waals surface area contributed by atoms with E-state index < -0.39 is 9.84 Å². The Labute approximate surface area is 126 Å². The van der Waals surface area contributed by atoms with E-state index >= 15 is 0 Å². The fourth-order valence-corrected chi connectivity index (χ4v) is 3.12. The maximum absolute atomic E-state index is 12.3. The van der Waals surface area contributed by atoms with E-state index in [0.29, 0.717) is 13.1 Å². The third-order valence-corrected chi connectivity index (χ3v) is 4.83. The van der Waals surface area contributed by atoms with E-state index in [4.69, 9.17) is 5.73 Å². The molecule has 2 N–H and O–H groups in total. The summed E-state index contributed by atoms with van der Waals surface area (Å²) in [4.78, 5) is 15.0. The molecule has 0 aromatic heterocycles. The monoisotopic (exact) mass is 313 g/mol. The predicted octanol–water partition coefficient (Wildman–Crippen LogP) is -0.0610. The van der Waals surface area contributed by atoms with Crippen molar-refractivity contribution in [1.82, 2.24) is 9.80 Å². The standard InChI is InChI=1S/C14H23N3O3S/c1-16(2)14(18)11-17(3)7-8-21(19,20)13-6-4-5-12(9-13)10-15/h4-6,9H,7-8,10-11,15H2,1-3H3. The van der Waals surface area contributed by atoms with Gasteiger partial charge in [-0.2, -0.15) is 0 Å². The number of hydrogen-bond donors (Lipinski definition) is 1. The molecule has 0 fully saturated rings. The number of carbonyl (C=O) groups is 1. The van der Waals surface area contributed by atoms with Crippen LogP contribution in [0.1, 0.15) is 5.56 Å². The lowest BCUT2D eigenvalue weighted by molar-refractivity contribution is -0.129. The molecule has 0 heterocycles. The highest BCUT2D eigenvalue weighted by Crippen LogP contribution is 2.13. The minimum Gasteiger partial charge on any atom is -0.348 e. The number of rotatable bonds is 7. The second-order valence-corrected chi connectivity index (χ2v) is 7.31. The molecule has 6 nitrogen and oxygen atoms in total. The molecule has 21 heavy (non-hydrogen) atoms. The number of hydrogen-bond acceptors (Lipinski definition) is 5. The van der Waals surface area contributed by atoms with Crippen LogP contribution >= 0.6 is 0 Å². The van der Waals surface area contributed by atoms with Gasteiger partial charge in [0.15, 0.2) is 9.84 Å². The van der Waals surface area contributed by atoms with Crippen molar-refractivity contribution in [2.45, 2.75) is 11.4 Å². The van der Waals surface area contributed by atoms with Crippen molar-refractivity contribution < 1.29 is 13.2 Å². The first kappa shape index (κ1) is 17.6. The second kappa shape index (κ2) is 7.53. The summed E-state index contributed by atoms with van der Waals surface area (Å²) in [7, 11) is 1.71. The van der Waals surface area contributed by atoms with Crippen molar-refractivity contribution in [2.24, 2.45) is 5.73 Å². The van der Waals surface area contributed by atoms with Gasteiger partial charge >= 0.3 is 0 Å². The molecule has 1 amide bonds. The smallest absolute Gasteiger partial charge is 0.236 e. The Morgan fingerprint density at radius 2 is 1.90 bits per heavy atom. The maximum Gasteiger partial charge on any atom is 0.236 e. The highest BCUT2D eigenvalue weighted by Gasteiger charge is 2.17. The summed E-state index contributed by atoms with van der Waals surface area (Å²) in [5.41, 5.74) is 6.31. The third kappa shape index (κ3) is 5.45. The molecule has 0 saturated carbocycles. The lowest BCUT2D eigenvalue weighted by Gasteiger charge is -2.18. The van der Waals surface area contributed by atoms with Gasteiger partial charge in [0.2, 0.25) is 5.91 Å². The summed E-state index contributed by atoms with van der Waals surface area (Å²) >= 11 is 0. The average molecular weight is 313 g/mol. The van der Waals surface area contributed by atoms with Gasteiger partial charge in [-0.25, -0.2) is 8.42 Å². The molecule has 7 heteroatoms. The average Bonchev–Trinajstić information content (AvgIpc) is 2.45. The van der Waals surface area contributed by atoms with Gasteiger partial charge in [-0.3, -0.25) is 9.69 Å². The number of nitrogens with two attached hydrogens (primary N) is 1. The molecular formula is C14H23N3O3S. The fourth-order valence-electron chi connectivity index (χ4n) is 1.71. The summed E-state index contributed by atoms with van der Waals surface area (Å²) in [6, 6.07) is 6.65. The van der Waals surface area contributed by atoms with Crippen LogP contribution in [0.3, 0.4) is 0 Å². The summed E-state index contributed by atoms with van der Waals surface area (Å²) in [6.45, 7) is 0.806. The van der Waals surface area contributed by atoms with Crippen LogP contribution in [0.25, 0.3) is 0 Å². The highest BCUT2D eigenvalue weighted by atomic mass is 32.2. The Morgan fingerprint density at radius 3 is 2.48 bits per heavy atom. The SMILES string of the molecule is CN(CCS(=O)(=O)c1cccc(CN)c1)CC(=O)N(C)C. The van der Waals surface area contributed by atoms with Gasteiger partial charge in [0.1, 0.15) is 0 Å². The van der Waals surface area contributed by atoms with Gasteiger partial charge in [-0.15, -0.1) is 0 Å². The first-order valence-corrected chi connectivity index (χ1v) is 8.32. The van der Waals surface area contributed by atoms with Gasteiger partial charge in [0, 0.05) is 27.2 Å².